The molecular formula is C15H14O5. The number of epoxide rings is 1. The fourth-order valence-electron chi connectivity index (χ4n) is 2.36. The molecule has 0 aromatic heterocycles. The van der Waals surface area contributed by atoms with Gasteiger partial charge in [0.2, 0.25) is 0 Å². The van der Waals surface area contributed by atoms with Crippen LogP contribution in [0.5, 0.6) is 0 Å². The van der Waals surface area contributed by atoms with Gasteiger partial charge in [-0.25, -0.2) is 4.79 Å². The Balaban J connectivity index is 1.74. The van der Waals surface area contributed by atoms with Crippen LogP contribution in [0.2, 0.25) is 0 Å². The van der Waals surface area contributed by atoms with E-state index in [1.54, 1.807) is 6.08 Å². The van der Waals surface area contributed by atoms with Crippen molar-refractivity contribution in [3.8, 4) is 0 Å². The van der Waals surface area contributed by atoms with Crippen molar-refractivity contribution in [2.45, 2.75) is 31.3 Å². The highest BCUT2D eigenvalue weighted by atomic mass is 16.6. The zero-order valence-electron chi connectivity index (χ0n) is 10.9. The summed E-state index contributed by atoms with van der Waals surface area (Å²) >= 11 is 0. The smallest absolute Gasteiger partial charge is 0.331 e. The molecule has 3 rings (SSSR count). The van der Waals surface area contributed by atoms with Crippen LogP contribution in [0.25, 0.3) is 0 Å². The summed E-state index contributed by atoms with van der Waals surface area (Å²) in [6, 6.07) is 9.67. The molecule has 1 saturated heterocycles. The molecule has 0 amide bonds. The number of hydrogen-bond donors (Lipinski definition) is 0. The topological polar surface area (TPSA) is 65.1 Å². The van der Waals surface area contributed by atoms with Crippen LogP contribution >= 0.6 is 0 Å². The number of esters is 2. The van der Waals surface area contributed by atoms with E-state index in [0.29, 0.717) is 0 Å². The summed E-state index contributed by atoms with van der Waals surface area (Å²) in [6.45, 7) is 1.32. The number of cyclic esters (lactones) is 1. The van der Waals surface area contributed by atoms with Gasteiger partial charge in [-0.2, -0.15) is 0 Å². The van der Waals surface area contributed by atoms with E-state index in [2.05, 4.69) is 0 Å². The molecule has 104 valence electrons. The summed E-state index contributed by atoms with van der Waals surface area (Å²) in [4.78, 5) is 22.5. The summed E-state index contributed by atoms with van der Waals surface area (Å²) < 4.78 is 16.0. The maximum Gasteiger partial charge on any atom is 0.331 e. The first-order valence-corrected chi connectivity index (χ1v) is 6.41. The van der Waals surface area contributed by atoms with Crippen LogP contribution in [0.4, 0.5) is 0 Å². The van der Waals surface area contributed by atoms with E-state index in [4.69, 9.17) is 14.2 Å². The Morgan fingerprint density at radius 1 is 1.20 bits per heavy atom. The molecule has 4 atom stereocenters. The molecule has 2 aliphatic heterocycles. The van der Waals surface area contributed by atoms with Crippen LogP contribution in [0.3, 0.4) is 0 Å². The first kappa shape index (κ1) is 12.9. The Hall–Kier alpha value is -2.14. The molecule has 20 heavy (non-hydrogen) atoms. The van der Waals surface area contributed by atoms with Gasteiger partial charge in [0.15, 0.2) is 12.2 Å². The highest BCUT2D eigenvalue weighted by molar-refractivity contribution is 5.83. The number of ether oxygens (including phenoxy) is 3. The number of benzene rings is 1. The second-order valence-corrected chi connectivity index (χ2v) is 4.77. The lowest BCUT2D eigenvalue weighted by Gasteiger charge is -2.25. The quantitative estimate of drug-likeness (QED) is 0.618. The van der Waals surface area contributed by atoms with Gasteiger partial charge in [-0.15, -0.1) is 0 Å². The summed E-state index contributed by atoms with van der Waals surface area (Å²) in [5, 5.41) is 0. The molecule has 0 aliphatic carbocycles. The Bertz CT molecular complexity index is 551. The fourth-order valence-corrected chi connectivity index (χ4v) is 2.36. The SMILES string of the molecule is CC(=O)O[C@@H]1C=CC(=O)O[C@H]1[C@H]1O[C@@H]1c1ccccc1. The number of carbonyl (C=O) groups excluding carboxylic acids is 2. The molecule has 5 nitrogen and oxygen atoms in total. The normalized spacial score (nSPS) is 31.6. The Morgan fingerprint density at radius 2 is 1.95 bits per heavy atom. The summed E-state index contributed by atoms with van der Waals surface area (Å²) in [5.41, 5.74) is 1.02. The van der Waals surface area contributed by atoms with Crippen molar-refractivity contribution in [1.82, 2.24) is 0 Å². The third-order valence-corrected chi connectivity index (χ3v) is 3.28. The van der Waals surface area contributed by atoms with Gasteiger partial charge < -0.3 is 14.2 Å². The van der Waals surface area contributed by atoms with Crippen LogP contribution in [0.1, 0.15) is 18.6 Å². The third kappa shape index (κ3) is 2.58. The Morgan fingerprint density at radius 3 is 2.65 bits per heavy atom. The molecule has 5 heteroatoms. The lowest BCUT2D eigenvalue weighted by atomic mass is 10.0. The second-order valence-electron chi connectivity index (χ2n) is 4.77. The van der Waals surface area contributed by atoms with Gasteiger partial charge in [0, 0.05) is 13.0 Å². The highest BCUT2D eigenvalue weighted by Crippen LogP contribution is 2.43. The molecule has 1 fully saturated rings. The predicted molar refractivity (Wildman–Crippen MR) is 68.6 cm³/mol. The predicted octanol–water partition coefficient (Wildman–Crippen LogP) is 1.54. The fraction of sp³-hybridized carbons (Fsp3) is 0.333. The van der Waals surface area contributed by atoms with E-state index in [-0.39, 0.29) is 12.2 Å². The Labute approximate surface area is 116 Å². The molecule has 0 N–H and O–H groups in total. The van der Waals surface area contributed by atoms with Gasteiger partial charge in [0.05, 0.1) is 0 Å². The first-order chi connectivity index (χ1) is 9.65. The van der Waals surface area contributed by atoms with Crippen molar-refractivity contribution in [3.05, 3.63) is 48.0 Å². The van der Waals surface area contributed by atoms with E-state index in [9.17, 15) is 9.59 Å². The van der Waals surface area contributed by atoms with E-state index in [0.717, 1.165) is 5.56 Å². The zero-order chi connectivity index (χ0) is 14.1. The van der Waals surface area contributed by atoms with Gasteiger partial charge in [0.1, 0.15) is 12.2 Å². The minimum absolute atomic E-state index is 0.126. The van der Waals surface area contributed by atoms with Crippen molar-refractivity contribution in [2.75, 3.05) is 0 Å². The largest absolute Gasteiger partial charge is 0.454 e. The van der Waals surface area contributed by atoms with Crippen LogP contribution in [0, 0.1) is 0 Å². The van der Waals surface area contributed by atoms with E-state index >= 15 is 0 Å². The van der Waals surface area contributed by atoms with Crippen LogP contribution in [0.15, 0.2) is 42.5 Å². The minimum Gasteiger partial charge on any atom is -0.454 e. The van der Waals surface area contributed by atoms with Gasteiger partial charge in [0.25, 0.3) is 0 Å². The second kappa shape index (κ2) is 5.09. The summed E-state index contributed by atoms with van der Waals surface area (Å²) in [7, 11) is 0. The molecular weight excluding hydrogens is 260 g/mol. The number of carbonyl (C=O) groups is 2. The minimum atomic E-state index is -0.596. The standard InChI is InChI=1S/C15H14O5/c1-9(16)18-11-7-8-12(17)19-14(11)15-13(20-15)10-5-3-2-4-6-10/h2-8,11,13-15H,1H3/t11-,13-,14-,15+/m1/s1. The van der Waals surface area contributed by atoms with Gasteiger partial charge in [-0.05, 0) is 11.6 Å². The zero-order valence-corrected chi connectivity index (χ0v) is 10.9. The van der Waals surface area contributed by atoms with E-state index < -0.39 is 24.1 Å². The van der Waals surface area contributed by atoms with E-state index in [1.165, 1.54) is 13.0 Å². The molecule has 0 unspecified atom stereocenters. The molecule has 0 spiro atoms. The maximum absolute atomic E-state index is 11.4. The lowest BCUT2D eigenvalue weighted by Crippen LogP contribution is -2.40. The number of rotatable bonds is 3. The summed E-state index contributed by atoms with van der Waals surface area (Å²) in [5.74, 6) is -0.861. The van der Waals surface area contributed by atoms with Crippen molar-refractivity contribution in [1.29, 1.82) is 0 Å². The molecule has 2 aliphatic rings. The van der Waals surface area contributed by atoms with Gasteiger partial charge in [-0.1, -0.05) is 30.3 Å². The molecule has 1 aromatic rings. The molecule has 2 heterocycles. The molecule has 0 radical (unpaired) electrons. The maximum atomic E-state index is 11.4. The van der Waals surface area contributed by atoms with Gasteiger partial charge >= 0.3 is 11.9 Å². The van der Waals surface area contributed by atoms with Crippen molar-refractivity contribution in [3.63, 3.8) is 0 Å². The van der Waals surface area contributed by atoms with Crippen molar-refractivity contribution in [2.24, 2.45) is 0 Å². The monoisotopic (exact) mass is 274 g/mol. The van der Waals surface area contributed by atoms with Crippen molar-refractivity contribution < 1.29 is 23.8 Å². The van der Waals surface area contributed by atoms with Crippen molar-refractivity contribution >= 4 is 11.9 Å². The Kier molecular flexibility index (Phi) is 3.28. The molecule has 0 saturated carbocycles. The van der Waals surface area contributed by atoms with Crippen LogP contribution in [-0.2, 0) is 23.8 Å². The highest BCUT2D eigenvalue weighted by Gasteiger charge is 2.52. The average molecular weight is 274 g/mol. The van der Waals surface area contributed by atoms with Gasteiger partial charge in [-0.3, -0.25) is 4.79 Å². The number of hydrogen-bond acceptors (Lipinski definition) is 5. The molecule has 1 aromatic carbocycles. The third-order valence-electron chi connectivity index (χ3n) is 3.28. The van der Waals surface area contributed by atoms with Crippen LogP contribution < -0.4 is 0 Å². The average Bonchev–Trinajstić information content (AvgIpc) is 3.21. The first-order valence-electron chi connectivity index (χ1n) is 6.41. The lowest BCUT2D eigenvalue weighted by molar-refractivity contribution is -0.163. The van der Waals surface area contributed by atoms with Crippen LogP contribution in [-0.4, -0.2) is 30.3 Å². The van der Waals surface area contributed by atoms with E-state index in [1.807, 2.05) is 30.3 Å². The summed E-state index contributed by atoms with van der Waals surface area (Å²) in [6.07, 6.45) is 1.21. The molecule has 0 bridgehead atoms.